The third kappa shape index (κ3) is 4.35. The van der Waals surface area contributed by atoms with Crippen molar-refractivity contribution in [2.75, 3.05) is 6.26 Å². The summed E-state index contributed by atoms with van der Waals surface area (Å²) in [6, 6.07) is 13.7. The van der Waals surface area contributed by atoms with E-state index in [0.717, 1.165) is 39.7 Å². The number of hydrogen-bond donors (Lipinski definition) is 1. The quantitative estimate of drug-likeness (QED) is 0.283. The van der Waals surface area contributed by atoms with Crippen LogP contribution in [0, 0.1) is 12.7 Å². The number of thiazole rings is 1. The summed E-state index contributed by atoms with van der Waals surface area (Å²) in [5.74, 6) is -0.676. The van der Waals surface area contributed by atoms with E-state index in [0.29, 0.717) is 28.3 Å². The lowest BCUT2D eigenvalue weighted by Crippen LogP contribution is -2.33. The molecular formula is C28H24FN3O5S3. The van der Waals surface area contributed by atoms with Gasteiger partial charge in [-0.3, -0.25) is 0 Å². The van der Waals surface area contributed by atoms with E-state index >= 15 is 4.39 Å². The second kappa shape index (κ2) is 9.30. The molecule has 2 aromatic carbocycles. The van der Waals surface area contributed by atoms with Crippen LogP contribution in [-0.4, -0.2) is 42.1 Å². The van der Waals surface area contributed by atoms with Crippen LogP contribution >= 0.6 is 11.3 Å². The summed E-state index contributed by atoms with van der Waals surface area (Å²) in [6.45, 7) is 1.84. The Labute approximate surface area is 234 Å². The number of aryl methyl sites for hydroxylation is 1. The third-order valence-corrected chi connectivity index (χ3v) is 11.2. The Bertz CT molecular complexity index is 2010. The molecule has 1 aliphatic rings. The molecule has 0 atom stereocenters. The van der Waals surface area contributed by atoms with Crippen LogP contribution in [0.15, 0.2) is 76.8 Å². The largest absolute Gasteiger partial charge is 0.383 e. The van der Waals surface area contributed by atoms with Gasteiger partial charge >= 0.3 is 0 Å². The highest BCUT2D eigenvalue weighted by molar-refractivity contribution is 7.90. The molecule has 0 unspecified atom stereocenters. The summed E-state index contributed by atoms with van der Waals surface area (Å²) in [4.78, 5) is 8.98. The standard InChI is InChI=1S/C28H24FN3O5S3/c1-17-7-9-19(10-8-17)40(36,37)32-23(18-5-3-6-20(13-18)39(2,34)35)14-21-25(22(29)15-30-26(21)32)24-16-31-27(38-24)28(33)11-4-12-28/h3,5-10,13-16,33H,4,11-12H2,1-2H3. The maximum absolute atomic E-state index is 15.5. The molecule has 1 N–H and O–H groups in total. The Balaban J connectivity index is 1.65. The van der Waals surface area contributed by atoms with Crippen molar-refractivity contribution in [1.29, 1.82) is 0 Å². The number of benzene rings is 2. The van der Waals surface area contributed by atoms with E-state index in [9.17, 15) is 21.9 Å². The zero-order chi connectivity index (χ0) is 28.4. The van der Waals surface area contributed by atoms with Gasteiger partial charge in [0.1, 0.15) is 10.6 Å². The number of halogens is 1. The van der Waals surface area contributed by atoms with Crippen LogP contribution in [0.1, 0.15) is 29.8 Å². The molecule has 1 aliphatic carbocycles. The predicted octanol–water partition coefficient (Wildman–Crippen LogP) is 5.29. The molecule has 3 heterocycles. The van der Waals surface area contributed by atoms with Crippen molar-refractivity contribution in [3.8, 4) is 21.7 Å². The first kappa shape index (κ1) is 26.8. The minimum Gasteiger partial charge on any atom is -0.383 e. The van der Waals surface area contributed by atoms with Crippen molar-refractivity contribution in [2.24, 2.45) is 0 Å². The van der Waals surface area contributed by atoms with Crippen molar-refractivity contribution < 1.29 is 26.3 Å². The van der Waals surface area contributed by atoms with Crippen LogP contribution in [0.25, 0.3) is 32.7 Å². The summed E-state index contributed by atoms with van der Waals surface area (Å²) in [5, 5.41) is 11.5. The molecule has 12 heteroatoms. The highest BCUT2D eigenvalue weighted by atomic mass is 32.2. The molecule has 0 amide bonds. The lowest BCUT2D eigenvalue weighted by Gasteiger charge is -2.34. The monoisotopic (exact) mass is 597 g/mol. The van der Waals surface area contributed by atoms with Crippen LogP contribution in [0.2, 0.25) is 0 Å². The second-order valence-corrected chi connectivity index (χ2v) is 14.9. The molecule has 0 aliphatic heterocycles. The first-order chi connectivity index (χ1) is 18.9. The number of sulfone groups is 1. The molecule has 0 radical (unpaired) electrons. The molecule has 0 bridgehead atoms. The Hall–Kier alpha value is -3.45. The minimum absolute atomic E-state index is 0.00363. The molecule has 0 saturated heterocycles. The van der Waals surface area contributed by atoms with Gasteiger partial charge in [0.2, 0.25) is 0 Å². The van der Waals surface area contributed by atoms with Crippen molar-refractivity contribution in [3.63, 3.8) is 0 Å². The third-order valence-electron chi connectivity index (χ3n) is 7.19. The van der Waals surface area contributed by atoms with Gasteiger partial charge in [-0.05, 0) is 56.5 Å². The maximum Gasteiger partial charge on any atom is 0.269 e. The average molecular weight is 598 g/mol. The number of nitrogens with zero attached hydrogens (tertiary/aromatic N) is 3. The Morgan fingerprint density at radius 3 is 2.35 bits per heavy atom. The summed E-state index contributed by atoms with van der Waals surface area (Å²) in [7, 11) is -7.86. The summed E-state index contributed by atoms with van der Waals surface area (Å²) >= 11 is 1.15. The fraction of sp³-hybridized carbons (Fsp3) is 0.214. The van der Waals surface area contributed by atoms with Crippen molar-refractivity contribution in [1.82, 2.24) is 13.9 Å². The van der Waals surface area contributed by atoms with Gasteiger partial charge in [0.15, 0.2) is 21.3 Å². The van der Waals surface area contributed by atoms with Gasteiger partial charge < -0.3 is 5.11 Å². The zero-order valence-electron chi connectivity index (χ0n) is 21.5. The topological polar surface area (TPSA) is 119 Å². The van der Waals surface area contributed by atoms with Gasteiger partial charge in [0.05, 0.1) is 26.6 Å². The number of hydrogen-bond acceptors (Lipinski definition) is 8. The van der Waals surface area contributed by atoms with Gasteiger partial charge in [-0.2, -0.15) is 0 Å². The Morgan fingerprint density at radius 1 is 0.975 bits per heavy atom. The molecule has 8 nitrogen and oxygen atoms in total. The second-order valence-electron chi connectivity index (χ2n) is 10.0. The van der Waals surface area contributed by atoms with Crippen LogP contribution < -0.4 is 0 Å². The van der Waals surface area contributed by atoms with Gasteiger partial charge in [0.25, 0.3) is 10.0 Å². The van der Waals surface area contributed by atoms with E-state index in [-0.39, 0.29) is 32.1 Å². The molecule has 5 aromatic rings. The molecule has 3 aromatic heterocycles. The summed E-state index contributed by atoms with van der Waals surface area (Å²) in [5.41, 5.74) is 0.348. The molecular weight excluding hydrogens is 574 g/mol. The number of pyridine rings is 1. The fourth-order valence-corrected chi connectivity index (χ4v) is 8.10. The lowest BCUT2D eigenvalue weighted by molar-refractivity contribution is -0.0389. The van der Waals surface area contributed by atoms with Gasteiger partial charge in [-0.1, -0.05) is 29.8 Å². The molecule has 1 fully saturated rings. The van der Waals surface area contributed by atoms with Crippen LogP contribution in [0.3, 0.4) is 0 Å². The van der Waals surface area contributed by atoms with Crippen molar-refractivity contribution in [3.05, 3.63) is 83.4 Å². The highest BCUT2D eigenvalue weighted by Crippen LogP contribution is 2.46. The SMILES string of the molecule is Cc1ccc(S(=O)(=O)n2c(-c3cccc(S(C)(=O)=O)c3)cc3c(-c4cnc(C5(O)CCC5)s4)c(F)cnc32)cc1. The van der Waals surface area contributed by atoms with Gasteiger partial charge in [0, 0.05) is 29.0 Å². The molecule has 40 heavy (non-hydrogen) atoms. The zero-order valence-corrected chi connectivity index (χ0v) is 23.9. The smallest absolute Gasteiger partial charge is 0.269 e. The number of aliphatic hydroxyl groups is 1. The maximum atomic E-state index is 15.5. The molecule has 6 rings (SSSR count). The van der Waals surface area contributed by atoms with Crippen LogP contribution in [0.5, 0.6) is 0 Å². The number of fused-ring (bicyclic) bond motifs is 1. The van der Waals surface area contributed by atoms with Gasteiger partial charge in [-0.25, -0.2) is 35.2 Å². The van der Waals surface area contributed by atoms with Crippen molar-refractivity contribution in [2.45, 2.75) is 41.6 Å². The van der Waals surface area contributed by atoms with E-state index in [2.05, 4.69) is 9.97 Å². The molecule has 1 saturated carbocycles. The fourth-order valence-electron chi connectivity index (χ4n) is 4.83. The number of rotatable bonds is 6. The molecule has 0 spiro atoms. The first-order valence-corrected chi connectivity index (χ1v) is 16.5. The van der Waals surface area contributed by atoms with E-state index < -0.39 is 31.3 Å². The summed E-state index contributed by atoms with van der Waals surface area (Å²) in [6.07, 6.45) is 5.52. The van der Waals surface area contributed by atoms with E-state index in [1.54, 1.807) is 18.2 Å². The Morgan fingerprint density at radius 2 is 1.70 bits per heavy atom. The van der Waals surface area contributed by atoms with E-state index in [4.69, 9.17) is 0 Å². The summed E-state index contributed by atoms with van der Waals surface area (Å²) < 4.78 is 69.3. The van der Waals surface area contributed by atoms with Crippen LogP contribution in [-0.2, 0) is 25.5 Å². The lowest BCUT2D eigenvalue weighted by atomic mass is 9.81. The first-order valence-electron chi connectivity index (χ1n) is 12.4. The number of aromatic nitrogens is 3. The Kier molecular flexibility index (Phi) is 6.22. The highest BCUT2D eigenvalue weighted by Gasteiger charge is 2.39. The van der Waals surface area contributed by atoms with E-state index in [1.807, 2.05) is 6.92 Å². The van der Waals surface area contributed by atoms with Gasteiger partial charge in [-0.15, -0.1) is 11.3 Å². The normalized spacial score (nSPS) is 15.3. The minimum atomic E-state index is -4.26. The van der Waals surface area contributed by atoms with Crippen LogP contribution in [0.4, 0.5) is 4.39 Å². The van der Waals surface area contributed by atoms with Crippen molar-refractivity contribution >= 4 is 42.2 Å². The average Bonchev–Trinajstić information content (AvgIpc) is 3.53. The molecule has 206 valence electrons. The van der Waals surface area contributed by atoms with E-state index in [1.165, 1.54) is 42.6 Å². The predicted molar refractivity (Wildman–Crippen MR) is 151 cm³/mol.